The Labute approximate surface area is 184 Å². The molecule has 0 aromatic heterocycles. The largest absolute Gasteiger partial charge is 0.462 e. The zero-order valence-electron chi connectivity index (χ0n) is 18.9. The SMILES string of the molecule is CCCOC(=O)C1=C(C)N(C(C)C)C(C)=C(C(=O)OC(C)C)C1c1ccc(Cl)cc1. The monoisotopic (exact) mass is 433 g/mol. The molecule has 1 aromatic rings. The number of benzene rings is 1. The van der Waals surface area contributed by atoms with Crippen molar-refractivity contribution < 1.29 is 19.1 Å². The summed E-state index contributed by atoms with van der Waals surface area (Å²) in [5.41, 5.74) is 3.26. The van der Waals surface area contributed by atoms with E-state index in [1.54, 1.807) is 12.1 Å². The molecule has 1 aliphatic rings. The van der Waals surface area contributed by atoms with Gasteiger partial charge in [-0.05, 0) is 65.7 Å². The van der Waals surface area contributed by atoms with Crippen LogP contribution in [-0.2, 0) is 19.1 Å². The maximum atomic E-state index is 13.2. The van der Waals surface area contributed by atoms with Gasteiger partial charge in [-0.1, -0.05) is 30.7 Å². The van der Waals surface area contributed by atoms with E-state index in [4.69, 9.17) is 21.1 Å². The van der Waals surface area contributed by atoms with Crippen molar-refractivity contribution in [3.8, 4) is 0 Å². The summed E-state index contributed by atoms with van der Waals surface area (Å²) < 4.78 is 11.1. The first-order valence-electron chi connectivity index (χ1n) is 10.4. The molecule has 0 aliphatic carbocycles. The van der Waals surface area contributed by atoms with Gasteiger partial charge in [-0.2, -0.15) is 0 Å². The van der Waals surface area contributed by atoms with Crippen LogP contribution in [0, 0.1) is 0 Å². The minimum Gasteiger partial charge on any atom is -0.462 e. The van der Waals surface area contributed by atoms with Gasteiger partial charge in [-0.25, -0.2) is 9.59 Å². The fourth-order valence-corrected chi connectivity index (χ4v) is 4.04. The van der Waals surface area contributed by atoms with Gasteiger partial charge in [0.1, 0.15) is 0 Å². The number of allylic oxidation sites excluding steroid dienone is 2. The van der Waals surface area contributed by atoms with Gasteiger partial charge in [0.05, 0.1) is 29.8 Å². The number of hydrogen-bond acceptors (Lipinski definition) is 5. The van der Waals surface area contributed by atoms with E-state index in [0.717, 1.165) is 17.0 Å². The van der Waals surface area contributed by atoms with Crippen LogP contribution in [0.5, 0.6) is 0 Å². The van der Waals surface area contributed by atoms with Crippen LogP contribution in [-0.4, -0.2) is 35.6 Å². The zero-order valence-corrected chi connectivity index (χ0v) is 19.7. The molecule has 0 radical (unpaired) electrons. The van der Waals surface area contributed by atoms with E-state index in [-0.39, 0.29) is 12.1 Å². The Bertz CT molecular complexity index is 852. The van der Waals surface area contributed by atoms with Crippen molar-refractivity contribution in [2.75, 3.05) is 6.61 Å². The molecule has 0 amide bonds. The Morgan fingerprint density at radius 2 is 1.53 bits per heavy atom. The number of halogens is 1. The molecule has 1 heterocycles. The van der Waals surface area contributed by atoms with Crippen LogP contribution in [0.2, 0.25) is 5.02 Å². The van der Waals surface area contributed by atoms with Crippen LogP contribution in [0.15, 0.2) is 46.8 Å². The van der Waals surface area contributed by atoms with E-state index in [1.807, 2.05) is 65.5 Å². The predicted molar refractivity (Wildman–Crippen MR) is 119 cm³/mol. The second-order valence-corrected chi connectivity index (χ2v) is 8.47. The molecule has 0 spiro atoms. The van der Waals surface area contributed by atoms with Crippen LogP contribution >= 0.6 is 11.6 Å². The summed E-state index contributed by atoms with van der Waals surface area (Å²) in [6, 6.07) is 7.25. The molecule has 0 saturated carbocycles. The van der Waals surface area contributed by atoms with E-state index in [2.05, 4.69) is 0 Å². The summed E-state index contributed by atoms with van der Waals surface area (Å²) in [4.78, 5) is 28.4. The minimum atomic E-state index is -0.590. The summed E-state index contributed by atoms with van der Waals surface area (Å²) >= 11 is 6.09. The molecule has 30 heavy (non-hydrogen) atoms. The van der Waals surface area contributed by atoms with Crippen LogP contribution < -0.4 is 0 Å². The first-order chi connectivity index (χ1) is 14.1. The Hall–Kier alpha value is -2.27. The molecule has 0 saturated heterocycles. The summed E-state index contributed by atoms with van der Waals surface area (Å²) in [5.74, 6) is -1.43. The van der Waals surface area contributed by atoms with Crippen LogP contribution in [0.25, 0.3) is 0 Å². The first-order valence-corrected chi connectivity index (χ1v) is 10.8. The zero-order chi connectivity index (χ0) is 22.6. The summed E-state index contributed by atoms with van der Waals surface area (Å²) in [6.45, 7) is 13.7. The average molecular weight is 434 g/mol. The smallest absolute Gasteiger partial charge is 0.337 e. The van der Waals surface area contributed by atoms with E-state index >= 15 is 0 Å². The molecule has 0 N–H and O–H groups in total. The third-order valence-electron chi connectivity index (χ3n) is 5.02. The normalized spacial score (nSPS) is 17.1. The van der Waals surface area contributed by atoms with E-state index in [1.165, 1.54) is 0 Å². The lowest BCUT2D eigenvalue weighted by molar-refractivity contribution is -0.143. The number of carbonyl (C=O) groups excluding carboxylic acids is 2. The number of ether oxygens (including phenoxy) is 2. The molecule has 0 fully saturated rings. The second kappa shape index (κ2) is 10.2. The van der Waals surface area contributed by atoms with Gasteiger partial charge in [-0.3, -0.25) is 0 Å². The number of esters is 2. The predicted octanol–water partition coefficient (Wildman–Crippen LogP) is 5.60. The molecular formula is C24H32ClNO4. The fourth-order valence-electron chi connectivity index (χ4n) is 3.92. The Balaban J connectivity index is 2.75. The van der Waals surface area contributed by atoms with Crippen molar-refractivity contribution in [2.24, 2.45) is 0 Å². The third-order valence-corrected chi connectivity index (χ3v) is 5.27. The standard InChI is InChI=1S/C24H32ClNO4/c1-8-13-29-23(27)20-16(6)26(14(2)3)17(7)21(24(28)30-15(4)5)22(20)18-9-11-19(25)12-10-18/h9-12,14-15,22H,8,13H2,1-7H3. The van der Waals surface area contributed by atoms with Crippen LogP contribution in [0.4, 0.5) is 0 Å². The highest BCUT2D eigenvalue weighted by atomic mass is 35.5. The molecule has 164 valence electrons. The highest BCUT2D eigenvalue weighted by molar-refractivity contribution is 6.30. The molecule has 1 atom stereocenters. The lowest BCUT2D eigenvalue weighted by atomic mass is 9.79. The van der Waals surface area contributed by atoms with E-state index in [0.29, 0.717) is 29.2 Å². The van der Waals surface area contributed by atoms with Crippen molar-refractivity contribution in [2.45, 2.75) is 73.0 Å². The summed E-state index contributed by atoms with van der Waals surface area (Å²) in [6.07, 6.45) is 0.438. The molecule has 1 aromatic carbocycles. The molecule has 1 unspecified atom stereocenters. The highest BCUT2D eigenvalue weighted by Gasteiger charge is 2.41. The molecule has 0 bridgehead atoms. The Morgan fingerprint density at radius 1 is 1.00 bits per heavy atom. The maximum Gasteiger partial charge on any atom is 0.337 e. The number of rotatable bonds is 7. The fraction of sp³-hybridized carbons (Fsp3) is 0.500. The van der Waals surface area contributed by atoms with Gasteiger partial charge in [0.15, 0.2) is 0 Å². The summed E-state index contributed by atoms with van der Waals surface area (Å²) in [7, 11) is 0. The van der Waals surface area contributed by atoms with Gasteiger partial charge in [0.2, 0.25) is 0 Å². The van der Waals surface area contributed by atoms with Crippen LogP contribution in [0.3, 0.4) is 0 Å². The van der Waals surface area contributed by atoms with E-state index in [9.17, 15) is 9.59 Å². The number of carbonyl (C=O) groups is 2. The Morgan fingerprint density at radius 3 is 2.00 bits per heavy atom. The first kappa shape index (κ1) is 24.0. The number of hydrogen-bond donors (Lipinski definition) is 0. The van der Waals surface area contributed by atoms with Crippen molar-refractivity contribution in [1.29, 1.82) is 0 Å². The molecule has 2 rings (SSSR count). The number of nitrogens with zero attached hydrogens (tertiary/aromatic N) is 1. The molecule has 6 heteroatoms. The van der Waals surface area contributed by atoms with Crippen molar-refractivity contribution >= 4 is 23.5 Å². The molecule has 5 nitrogen and oxygen atoms in total. The van der Waals surface area contributed by atoms with Crippen LogP contribution in [0.1, 0.15) is 66.4 Å². The minimum absolute atomic E-state index is 0.0481. The van der Waals surface area contributed by atoms with Gasteiger partial charge < -0.3 is 14.4 Å². The van der Waals surface area contributed by atoms with Crippen molar-refractivity contribution in [3.05, 3.63) is 57.4 Å². The highest BCUT2D eigenvalue weighted by Crippen LogP contribution is 2.43. The third kappa shape index (κ3) is 5.07. The van der Waals surface area contributed by atoms with Gasteiger partial charge >= 0.3 is 11.9 Å². The van der Waals surface area contributed by atoms with Crippen molar-refractivity contribution in [1.82, 2.24) is 4.90 Å². The second-order valence-electron chi connectivity index (χ2n) is 8.04. The van der Waals surface area contributed by atoms with Gasteiger partial charge in [0.25, 0.3) is 0 Å². The van der Waals surface area contributed by atoms with E-state index < -0.39 is 17.9 Å². The van der Waals surface area contributed by atoms with Crippen molar-refractivity contribution in [3.63, 3.8) is 0 Å². The molecule has 1 aliphatic heterocycles. The van der Waals surface area contributed by atoms with Gasteiger partial charge in [0, 0.05) is 22.5 Å². The average Bonchev–Trinajstić information content (AvgIpc) is 2.65. The quantitative estimate of drug-likeness (QED) is 0.524. The lowest BCUT2D eigenvalue weighted by Crippen LogP contribution is -2.38. The Kier molecular flexibility index (Phi) is 8.13. The van der Waals surface area contributed by atoms with Gasteiger partial charge in [-0.15, -0.1) is 0 Å². The topological polar surface area (TPSA) is 55.8 Å². The molecular weight excluding hydrogens is 402 g/mol. The maximum absolute atomic E-state index is 13.2. The summed E-state index contributed by atoms with van der Waals surface area (Å²) in [5, 5.41) is 0.584. The lowest BCUT2D eigenvalue weighted by Gasteiger charge is -2.40.